The molecule has 0 aromatic rings. The highest BCUT2D eigenvalue weighted by molar-refractivity contribution is 5.85. The van der Waals surface area contributed by atoms with E-state index in [0.717, 1.165) is 13.1 Å². The summed E-state index contributed by atoms with van der Waals surface area (Å²) in [6.45, 7) is 3.90. The number of carbonyl (C=O) groups is 1. The van der Waals surface area contributed by atoms with Gasteiger partial charge in [0.2, 0.25) is 0 Å². The molecule has 1 saturated heterocycles. The van der Waals surface area contributed by atoms with Crippen LogP contribution in [-0.2, 0) is 9.53 Å². The van der Waals surface area contributed by atoms with Gasteiger partial charge in [0.05, 0.1) is 12.5 Å². The molecule has 0 atom stereocenters. The Balaban J connectivity index is 0.000000810. The van der Waals surface area contributed by atoms with E-state index in [4.69, 9.17) is 4.74 Å². The summed E-state index contributed by atoms with van der Waals surface area (Å²) >= 11 is 0. The Morgan fingerprint density at radius 2 is 2.30 bits per heavy atom. The van der Waals surface area contributed by atoms with E-state index in [1.807, 2.05) is 6.92 Å². The summed E-state index contributed by atoms with van der Waals surface area (Å²) in [6, 6.07) is 0. The lowest BCUT2D eigenvalue weighted by Crippen LogP contribution is -2.47. The van der Waals surface area contributed by atoms with Crippen LogP contribution < -0.4 is 5.32 Å². The van der Waals surface area contributed by atoms with Gasteiger partial charge in [-0.3, -0.25) is 4.79 Å². The van der Waals surface area contributed by atoms with Gasteiger partial charge in [-0.2, -0.15) is 0 Å². The molecular formula is C6H12ClNO2. The van der Waals surface area contributed by atoms with Crippen LogP contribution in [0.2, 0.25) is 0 Å². The highest BCUT2D eigenvalue weighted by Gasteiger charge is 2.25. The Kier molecular flexibility index (Phi) is 4.40. The third-order valence-electron chi connectivity index (χ3n) is 1.40. The van der Waals surface area contributed by atoms with E-state index in [0.29, 0.717) is 6.61 Å². The van der Waals surface area contributed by atoms with E-state index in [9.17, 15) is 4.79 Å². The third-order valence-corrected chi connectivity index (χ3v) is 1.40. The van der Waals surface area contributed by atoms with Gasteiger partial charge in [0.15, 0.2) is 0 Å². The summed E-state index contributed by atoms with van der Waals surface area (Å²) in [6.07, 6.45) is 0. The molecule has 4 heteroatoms. The summed E-state index contributed by atoms with van der Waals surface area (Å²) in [4.78, 5) is 10.8. The van der Waals surface area contributed by atoms with Crippen molar-refractivity contribution < 1.29 is 9.53 Å². The minimum absolute atomic E-state index is 0. The fourth-order valence-corrected chi connectivity index (χ4v) is 0.715. The van der Waals surface area contributed by atoms with Crippen molar-refractivity contribution in [2.75, 3.05) is 19.7 Å². The van der Waals surface area contributed by atoms with E-state index >= 15 is 0 Å². The number of carbonyl (C=O) groups excluding carboxylic acids is 1. The number of rotatable bonds is 2. The fraction of sp³-hybridized carbons (Fsp3) is 0.833. The highest BCUT2D eigenvalue weighted by atomic mass is 35.5. The normalized spacial score (nSPS) is 16.9. The molecule has 10 heavy (non-hydrogen) atoms. The lowest BCUT2D eigenvalue weighted by atomic mass is 10.0. The lowest BCUT2D eigenvalue weighted by molar-refractivity contribution is -0.149. The Labute approximate surface area is 66.5 Å². The second-order valence-electron chi connectivity index (χ2n) is 2.11. The van der Waals surface area contributed by atoms with Crippen molar-refractivity contribution in [2.45, 2.75) is 6.92 Å². The van der Waals surface area contributed by atoms with Gasteiger partial charge in [-0.15, -0.1) is 12.4 Å². The molecule has 0 amide bonds. The standard InChI is InChI=1S/C6H11NO2.ClH/c1-2-9-6(8)5-3-7-4-5;/h5,7H,2-4H2,1H3;1H. The number of hydrogen-bond donors (Lipinski definition) is 1. The first-order valence-corrected chi connectivity index (χ1v) is 3.22. The van der Waals surface area contributed by atoms with Crippen LogP contribution in [0.3, 0.4) is 0 Å². The zero-order valence-corrected chi connectivity index (χ0v) is 6.74. The van der Waals surface area contributed by atoms with Gasteiger partial charge < -0.3 is 10.1 Å². The van der Waals surface area contributed by atoms with Crippen LogP contribution in [0.1, 0.15) is 6.92 Å². The lowest BCUT2D eigenvalue weighted by Gasteiger charge is -2.24. The summed E-state index contributed by atoms with van der Waals surface area (Å²) in [5, 5.41) is 3.00. The van der Waals surface area contributed by atoms with Gasteiger partial charge in [0, 0.05) is 13.1 Å². The highest BCUT2D eigenvalue weighted by Crippen LogP contribution is 2.04. The van der Waals surface area contributed by atoms with Crippen molar-refractivity contribution in [3.8, 4) is 0 Å². The summed E-state index contributed by atoms with van der Waals surface area (Å²) < 4.78 is 4.77. The predicted molar refractivity (Wildman–Crippen MR) is 40.2 cm³/mol. The molecule has 0 bridgehead atoms. The van der Waals surface area contributed by atoms with Gasteiger partial charge in [-0.25, -0.2) is 0 Å². The third kappa shape index (κ3) is 2.15. The average Bonchev–Trinajstić information content (AvgIpc) is 1.60. The monoisotopic (exact) mass is 165 g/mol. The molecule has 0 unspecified atom stereocenters. The molecule has 1 fully saturated rings. The van der Waals surface area contributed by atoms with Crippen molar-refractivity contribution in [3.63, 3.8) is 0 Å². The second-order valence-corrected chi connectivity index (χ2v) is 2.11. The largest absolute Gasteiger partial charge is 0.466 e. The number of nitrogens with one attached hydrogen (secondary N) is 1. The SMILES string of the molecule is CCOC(=O)C1CNC1.Cl. The Hall–Kier alpha value is -0.280. The molecule has 3 nitrogen and oxygen atoms in total. The minimum Gasteiger partial charge on any atom is -0.466 e. The molecule has 0 saturated carbocycles. The fourth-order valence-electron chi connectivity index (χ4n) is 0.715. The van der Waals surface area contributed by atoms with Crippen molar-refractivity contribution in [2.24, 2.45) is 5.92 Å². The second kappa shape index (κ2) is 4.52. The van der Waals surface area contributed by atoms with E-state index in [1.165, 1.54) is 0 Å². The number of ether oxygens (including phenoxy) is 1. The molecule has 0 radical (unpaired) electrons. The summed E-state index contributed by atoms with van der Waals surface area (Å²) in [5.41, 5.74) is 0. The first-order chi connectivity index (χ1) is 4.34. The topological polar surface area (TPSA) is 38.3 Å². The van der Waals surface area contributed by atoms with Crippen LogP contribution in [0, 0.1) is 5.92 Å². The van der Waals surface area contributed by atoms with Crippen LogP contribution in [0.5, 0.6) is 0 Å². The molecule has 1 N–H and O–H groups in total. The Morgan fingerprint density at radius 3 is 2.60 bits per heavy atom. The number of halogens is 1. The first kappa shape index (κ1) is 9.72. The average molecular weight is 166 g/mol. The Morgan fingerprint density at radius 1 is 1.70 bits per heavy atom. The molecule has 1 aliphatic rings. The molecule has 1 rings (SSSR count). The molecule has 0 aromatic carbocycles. The number of hydrogen-bond acceptors (Lipinski definition) is 3. The van der Waals surface area contributed by atoms with Crippen molar-refractivity contribution >= 4 is 18.4 Å². The molecule has 60 valence electrons. The van der Waals surface area contributed by atoms with Gasteiger partial charge in [-0.05, 0) is 6.92 Å². The van der Waals surface area contributed by atoms with Gasteiger partial charge in [-0.1, -0.05) is 0 Å². The van der Waals surface area contributed by atoms with E-state index in [2.05, 4.69) is 5.32 Å². The maximum Gasteiger partial charge on any atom is 0.311 e. The van der Waals surface area contributed by atoms with Gasteiger partial charge >= 0.3 is 5.97 Å². The minimum atomic E-state index is -0.0590. The van der Waals surface area contributed by atoms with Crippen LogP contribution >= 0.6 is 12.4 Å². The Bertz CT molecular complexity index is 114. The molecule has 1 aliphatic heterocycles. The molecule has 0 aromatic heterocycles. The van der Waals surface area contributed by atoms with Crippen molar-refractivity contribution in [1.29, 1.82) is 0 Å². The van der Waals surface area contributed by atoms with Crippen LogP contribution in [-0.4, -0.2) is 25.7 Å². The van der Waals surface area contributed by atoms with Crippen LogP contribution in [0.4, 0.5) is 0 Å². The molecule has 0 aliphatic carbocycles. The zero-order valence-electron chi connectivity index (χ0n) is 5.92. The van der Waals surface area contributed by atoms with Gasteiger partial charge in [0.1, 0.15) is 0 Å². The van der Waals surface area contributed by atoms with E-state index < -0.39 is 0 Å². The van der Waals surface area contributed by atoms with Crippen molar-refractivity contribution in [3.05, 3.63) is 0 Å². The zero-order chi connectivity index (χ0) is 6.69. The smallest absolute Gasteiger partial charge is 0.311 e. The quantitative estimate of drug-likeness (QED) is 0.594. The van der Waals surface area contributed by atoms with E-state index in [1.54, 1.807) is 0 Å². The first-order valence-electron chi connectivity index (χ1n) is 3.22. The van der Waals surface area contributed by atoms with Gasteiger partial charge in [0.25, 0.3) is 0 Å². The predicted octanol–water partition coefficient (Wildman–Crippen LogP) is 0.191. The molecule has 1 heterocycles. The molecular weight excluding hydrogens is 154 g/mol. The summed E-state index contributed by atoms with van der Waals surface area (Å²) in [5.74, 6) is 0.0706. The number of esters is 1. The van der Waals surface area contributed by atoms with Crippen molar-refractivity contribution in [1.82, 2.24) is 5.32 Å². The summed E-state index contributed by atoms with van der Waals surface area (Å²) in [7, 11) is 0. The maximum absolute atomic E-state index is 10.8. The van der Waals surface area contributed by atoms with Crippen LogP contribution in [0.25, 0.3) is 0 Å². The van der Waals surface area contributed by atoms with Crippen LogP contribution in [0.15, 0.2) is 0 Å². The molecule has 0 spiro atoms. The van der Waals surface area contributed by atoms with E-state index in [-0.39, 0.29) is 24.3 Å². The maximum atomic E-state index is 10.8.